The number of halogens is 1. The zero-order valence-electron chi connectivity index (χ0n) is 20.8. The third-order valence-electron chi connectivity index (χ3n) is 7.32. The lowest BCUT2D eigenvalue weighted by molar-refractivity contribution is 0.0448. The van der Waals surface area contributed by atoms with Crippen molar-refractivity contribution in [3.63, 3.8) is 0 Å². The highest BCUT2D eigenvalue weighted by Crippen LogP contribution is 2.43. The van der Waals surface area contributed by atoms with E-state index >= 15 is 0 Å². The van der Waals surface area contributed by atoms with Crippen molar-refractivity contribution in [1.82, 2.24) is 15.2 Å². The molecule has 1 aliphatic carbocycles. The van der Waals surface area contributed by atoms with E-state index in [-0.39, 0.29) is 29.3 Å². The zero-order valence-corrected chi connectivity index (χ0v) is 21.6. The highest BCUT2D eigenvalue weighted by atomic mass is 35.5. The Labute approximate surface area is 199 Å². The van der Waals surface area contributed by atoms with Crippen molar-refractivity contribution in [2.75, 3.05) is 19.6 Å². The van der Waals surface area contributed by atoms with E-state index in [2.05, 4.69) is 59.8 Å². The van der Waals surface area contributed by atoms with Gasteiger partial charge in [0.25, 0.3) is 5.91 Å². The van der Waals surface area contributed by atoms with Crippen molar-refractivity contribution in [2.45, 2.75) is 91.0 Å². The van der Waals surface area contributed by atoms with Crippen LogP contribution in [0.3, 0.4) is 0 Å². The number of fused-ring (bicyclic) bond motifs is 1. The first kappa shape index (κ1) is 25.0. The van der Waals surface area contributed by atoms with Gasteiger partial charge < -0.3 is 14.6 Å². The van der Waals surface area contributed by atoms with Crippen LogP contribution in [0, 0.1) is 5.41 Å². The summed E-state index contributed by atoms with van der Waals surface area (Å²) in [7, 11) is 0. The Morgan fingerprint density at radius 3 is 2.41 bits per heavy atom. The highest BCUT2D eigenvalue weighted by molar-refractivity contribution is 5.96. The van der Waals surface area contributed by atoms with Gasteiger partial charge >= 0.3 is 0 Å². The Bertz CT molecular complexity index is 977. The Morgan fingerprint density at radius 2 is 1.81 bits per heavy atom. The van der Waals surface area contributed by atoms with Gasteiger partial charge in [0, 0.05) is 42.9 Å². The minimum absolute atomic E-state index is 0. The lowest BCUT2D eigenvalue weighted by Crippen LogP contribution is -2.59. The fourth-order valence-corrected chi connectivity index (χ4v) is 5.10. The number of aromatic nitrogens is 1. The molecule has 1 aliphatic heterocycles. The van der Waals surface area contributed by atoms with Crippen molar-refractivity contribution in [3.8, 4) is 0 Å². The summed E-state index contributed by atoms with van der Waals surface area (Å²) in [4.78, 5) is 20.3. The van der Waals surface area contributed by atoms with Gasteiger partial charge in [-0.05, 0) is 56.4 Å². The summed E-state index contributed by atoms with van der Waals surface area (Å²) in [6, 6.07) is 4.12. The molecule has 1 saturated carbocycles. The van der Waals surface area contributed by atoms with Crippen LogP contribution in [0.1, 0.15) is 102 Å². The van der Waals surface area contributed by atoms with Gasteiger partial charge in [-0.25, -0.2) is 4.98 Å². The third kappa shape index (κ3) is 4.84. The van der Waals surface area contributed by atoms with E-state index in [4.69, 9.17) is 9.40 Å². The molecule has 178 valence electrons. The smallest absolute Gasteiger partial charge is 0.290 e. The van der Waals surface area contributed by atoms with Crippen molar-refractivity contribution in [3.05, 3.63) is 29.2 Å². The molecule has 1 N–H and O–H groups in total. The van der Waals surface area contributed by atoms with Gasteiger partial charge in [0.15, 0.2) is 11.3 Å². The molecule has 0 atom stereocenters. The number of nitrogens with zero attached hydrogens (tertiary/aromatic N) is 2. The normalized spacial score (nSPS) is 21.4. The summed E-state index contributed by atoms with van der Waals surface area (Å²) in [5, 5.41) is 3.38. The van der Waals surface area contributed by atoms with E-state index in [0.29, 0.717) is 23.6 Å². The van der Waals surface area contributed by atoms with E-state index < -0.39 is 0 Å². The van der Waals surface area contributed by atoms with Gasteiger partial charge in [-0.3, -0.25) is 4.79 Å². The lowest BCUT2D eigenvalue weighted by atomic mass is 9.72. The van der Waals surface area contributed by atoms with E-state index in [1.165, 1.54) is 25.7 Å². The molecule has 3 heterocycles. The van der Waals surface area contributed by atoms with Crippen molar-refractivity contribution < 1.29 is 9.21 Å². The van der Waals surface area contributed by atoms with Gasteiger partial charge in [0.1, 0.15) is 5.52 Å². The van der Waals surface area contributed by atoms with Crippen LogP contribution in [0.25, 0.3) is 11.1 Å². The molecule has 1 amide bonds. The number of nitrogens with one attached hydrogen (secondary N) is 1. The van der Waals surface area contributed by atoms with Crippen LogP contribution in [-0.2, 0) is 5.41 Å². The number of carbonyl (C=O) groups excluding carboxylic acids is 1. The summed E-state index contributed by atoms with van der Waals surface area (Å²) in [6.07, 6.45) is 4.81. The zero-order chi connectivity index (χ0) is 22.6. The average molecular weight is 462 g/mol. The first-order valence-corrected chi connectivity index (χ1v) is 11.9. The highest BCUT2D eigenvalue weighted by Gasteiger charge is 2.36. The number of hydrogen-bond acceptors (Lipinski definition) is 4. The van der Waals surface area contributed by atoms with E-state index in [0.717, 1.165) is 35.4 Å². The Hall–Kier alpha value is -1.59. The van der Waals surface area contributed by atoms with Crippen LogP contribution < -0.4 is 5.32 Å². The molecule has 0 radical (unpaired) electrons. The second-order valence-corrected chi connectivity index (χ2v) is 12.1. The number of pyridine rings is 1. The number of furan rings is 1. The van der Waals surface area contributed by atoms with Gasteiger partial charge in [-0.15, -0.1) is 12.4 Å². The molecule has 0 aromatic carbocycles. The maximum Gasteiger partial charge on any atom is 0.290 e. The minimum atomic E-state index is -0.241. The molecule has 32 heavy (non-hydrogen) atoms. The van der Waals surface area contributed by atoms with Crippen molar-refractivity contribution in [1.29, 1.82) is 0 Å². The standard InChI is InChI=1S/C26H39N3O2.ClH/c1-24(2,3)18-14-19(17-8-10-25(4,5)11-9-17)28-20-15-21(31-22(18)20)23(30)29-13-12-27-16-26(29,6)7;/h14-15,17,27H,8-13,16H2,1-7H3;1H. The first-order chi connectivity index (χ1) is 14.4. The molecule has 2 aromatic rings. The van der Waals surface area contributed by atoms with Crippen LogP contribution in [0.4, 0.5) is 0 Å². The van der Waals surface area contributed by atoms with Gasteiger partial charge in [-0.2, -0.15) is 0 Å². The average Bonchev–Trinajstić information content (AvgIpc) is 3.09. The number of piperazine rings is 1. The molecule has 1 saturated heterocycles. The summed E-state index contributed by atoms with van der Waals surface area (Å²) in [5.74, 6) is 0.856. The van der Waals surface area contributed by atoms with E-state index in [9.17, 15) is 4.79 Å². The Morgan fingerprint density at radius 1 is 1.16 bits per heavy atom. The SMILES string of the molecule is CC1(C)CCC(c2cc(C(C)(C)C)c3oc(C(=O)N4CCNCC4(C)C)cc3n2)CC1.Cl. The number of carbonyl (C=O) groups is 1. The lowest BCUT2D eigenvalue weighted by Gasteiger charge is -2.42. The van der Waals surface area contributed by atoms with Crippen LogP contribution >= 0.6 is 12.4 Å². The van der Waals surface area contributed by atoms with E-state index in [1.54, 1.807) is 0 Å². The fraction of sp³-hybridized carbons (Fsp3) is 0.692. The molecule has 0 unspecified atom stereocenters. The molecular weight excluding hydrogens is 422 g/mol. The first-order valence-electron chi connectivity index (χ1n) is 11.9. The summed E-state index contributed by atoms with van der Waals surface area (Å²) in [5.41, 5.74) is 4.00. The predicted molar refractivity (Wildman–Crippen MR) is 133 cm³/mol. The second kappa shape index (κ2) is 8.64. The summed E-state index contributed by atoms with van der Waals surface area (Å²) >= 11 is 0. The minimum Gasteiger partial charge on any atom is -0.449 e. The topological polar surface area (TPSA) is 58.4 Å². The number of hydrogen-bond donors (Lipinski definition) is 1. The Balaban J connectivity index is 0.00000289. The second-order valence-electron chi connectivity index (χ2n) is 12.1. The molecule has 0 bridgehead atoms. The summed E-state index contributed by atoms with van der Waals surface area (Å²) in [6.45, 7) is 17.8. The summed E-state index contributed by atoms with van der Waals surface area (Å²) < 4.78 is 6.24. The van der Waals surface area contributed by atoms with Gasteiger partial charge in [-0.1, -0.05) is 34.6 Å². The van der Waals surface area contributed by atoms with Crippen LogP contribution in [0.15, 0.2) is 16.5 Å². The van der Waals surface area contributed by atoms with E-state index in [1.807, 2.05) is 11.0 Å². The van der Waals surface area contributed by atoms with Crippen LogP contribution in [0.2, 0.25) is 0 Å². The maximum absolute atomic E-state index is 13.4. The van der Waals surface area contributed by atoms with Gasteiger partial charge in [0.05, 0.1) is 5.54 Å². The molecule has 2 fully saturated rings. The molecular formula is C26H40ClN3O2. The monoisotopic (exact) mass is 461 g/mol. The Kier molecular flexibility index (Phi) is 6.76. The number of rotatable bonds is 2. The molecule has 0 spiro atoms. The quantitative estimate of drug-likeness (QED) is 0.590. The molecule has 2 aromatic heterocycles. The van der Waals surface area contributed by atoms with Gasteiger partial charge in [0.2, 0.25) is 0 Å². The molecule has 5 nitrogen and oxygen atoms in total. The van der Waals surface area contributed by atoms with Crippen LogP contribution in [-0.4, -0.2) is 41.0 Å². The maximum atomic E-state index is 13.4. The molecule has 4 rings (SSSR count). The molecule has 2 aliphatic rings. The largest absolute Gasteiger partial charge is 0.449 e. The van der Waals surface area contributed by atoms with Crippen LogP contribution in [0.5, 0.6) is 0 Å². The van der Waals surface area contributed by atoms with Crippen molar-refractivity contribution in [2.24, 2.45) is 5.41 Å². The third-order valence-corrected chi connectivity index (χ3v) is 7.32. The number of amides is 1. The fourth-order valence-electron chi connectivity index (χ4n) is 5.10. The predicted octanol–water partition coefficient (Wildman–Crippen LogP) is 6.05. The molecule has 6 heteroatoms. The van der Waals surface area contributed by atoms with Crippen molar-refractivity contribution >= 4 is 29.4 Å².